The summed E-state index contributed by atoms with van der Waals surface area (Å²) in [6, 6.07) is 2.40. The summed E-state index contributed by atoms with van der Waals surface area (Å²) in [6.45, 7) is 3.82. The number of carbonyl (C=O) groups is 1. The van der Waals surface area contributed by atoms with Crippen molar-refractivity contribution in [1.82, 2.24) is 4.90 Å². The molecule has 0 saturated carbocycles. The summed E-state index contributed by atoms with van der Waals surface area (Å²) in [5.74, 6) is 0.822. The van der Waals surface area contributed by atoms with Gasteiger partial charge < -0.3 is 10.6 Å². The van der Waals surface area contributed by atoms with Crippen molar-refractivity contribution in [3.05, 3.63) is 21.4 Å². The molecule has 1 saturated heterocycles. The Morgan fingerprint density at radius 1 is 1.35 bits per heavy atom. The molecule has 1 atom stereocenters. The summed E-state index contributed by atoms with van der Waals surface area (Å²) in [4.78, 5) is 17.0. The van der Waals surface area contributed by atoms with Crippen molar-refractivity contribution in [3.63, 3.8) is 0 Å². The zero-order valence-corrected chi connectivity index (χ0v) is 13.0. The van der Waals surface area contributed by atoms with Gasteiger partial charge in [-0.25, -0.2) is 0 Å². The SMILES string of the molecule is CC(N)C1CCN(C(=O)c2cc3c(s2)CCCC3)CC1. The highest BCUT2D eigenvalue weighted by atomic mass is 32.1. The van der Waals surface area contributed by atoms with Crippen molar-refractivity contribution in [2.75, 3.05) is 13.1 Å². The van der Waals surface area contributed by atoms with Crippen LogP contribution in [-0.4, -0.2) is 29.9 Å². The number of hydrogen-bond acceptors (Lipinski definition) is 3. The van der Waals surface area contributed by atoms with Crippen LogP contribution in [0.2, 0.25) is 0 Å². The van der Waals surface area contributed by atoms with Crippen LogP contribution in [0.4, 0.5) is 0 Å². The van der Waals surface area contributed by atoms with Crippen LogP contribution in [-0.2, 0) is 12.8 Å². The molecule has 0 radical (unpaired) electrons. The second kappa shape index (κ2) is 5.86. The first-order valence-corrected chi connectivity index (χ1v) is 8.63. The van der Waals surface area contributed by atoms with Gasteiger partial charge in [-0.2, -0.15) is 0 Å². The Kier molecular flexibility index (Phi) is 4.13. The predicted molar refractivity (Wildman–Crippen MR) is 83.2 cm³/mol. The van der Waals surface area contributed by atoms with Crippen LogP contribution >= 0.6 is 11.3 Å². The molecule has 0 aromatic carbocycles. The van der Waals surface area contributed by atoms with Crippen molar-refractivity contribution < 1.29 is 4.79 Å². The molecule has 2 aliphatic rings. The van der Waals surface area contributed by atoms with E-state index in [2.05, 4.69) is 13.0 Å². The van der Waals surface area contributed by atoms with E-state index in [-0.39, 0.29) is 11.9 Å². The molecular weight excluding hydrogens is 268 g/mol. The highest BCUT2D eigenvalue weighted by molar-refractivity contribution is 7.14. The second-order valence-corrected chi connectivity index (χ2v) is 7.39. The minimum Gasteiger partial charge on any atom is -0.338 e. The molecular formula is C16H24N2OS. The zero-order chi connectivity index (χ0) is 14.1. The molecule has 20 heavy (non-hydrogen) atoms. The first-order chi connectivity index (χ1) is 9.65. The van der Waals surface area contributed by atoms with E-state index >= 15 is 0 Å². The Bertz CT molecular complexity index is 463. The summed E-state index contributed by atoms with van der Waals surface area (Å²) >= 11 is 1.73. The van der Waals surface area contributed by atoms with Gasteiger partial charge in [0.2, 0.25) is 0 Å². The summed E-state index contributed by atoms with van der Waals surface area (Å²) in [7, 11) is 0. The second-order valence-electron chi connectivity index (χ2n) is 6.25. The third-order valence-corrected chi connectivity index (χ3v) is 6.00. The van der Waals surface area contributed by atoms with Gasteiger partial charge in [-0.1, -0.05) is 0 Å². The van der Waals surface area contributed by atoms with Crippen LogP contribution < -0.4 is 5.73 Å². The smallest absolute Gasteiger partial charge is 0.263 e. The molecule has 0 bridgehead atoms. The maximum atomic E-state index is 12.6. The van der Waals surface area contributed by atoms with Crippen LogP contribution in [0.15, 0.2) is 6.07 Å². The van der Waals surface area contributed by atoms with Crippen LogP contribution in [0.1, 0.15) is 52.7 Å². The van der Waals surface area contributed by atoms with Crippen molar-refractivity contribution in [1.29, 1.82) is 0 Å². The number of piperidine rings is 1. The number of amides is 1. The average molecular weight is 292 g/mol. The molecule has 3 rings (SSSR count). The van der Waals surface area contributed by atoms with Crippen molar-refractivity contribution >= 4 is 17.2 Å². The minimum absolute atomic E-state index is 0.243. The Balaban J connectivity index is 1.66. The molecule has 1 aromatic rings. The fourth-order valence-electron chi connectivity index (χ4n) is 3.38. The molecule has 1 fully saturated rings. The largest absolute Gasteiger partial charge is 0.338 e. The van der Waals surface area contributed by atoms with Crippen LogP contribution in [0.5, 0.6) is 0 Å². The van der Waals surface area contributed by atoms with E-state index in [0.29, 0.717) is 5.92 Å². The van der Waals surface area contributed by atoms with Crippen LogP contribution in [0.3, 0.4) is 0 Å². The van der Waals surface area contributed by atoms with Crippen molar-refractivity contribution in [2.24, 2.45) is 11.7 Å². The first kappa shape index (κ1) is 14.1. The molecule has 110 valence electrons. The van der Waals surface area contributed by atoms with Gasteiger partial charge in [0.15, 0.2) is 0 Å². The quantitative estimate of drug-likeness (QED) is 0.911. The Morgan fingerprint density at radius 3 is 2.70 bits per heavy atom. The lowest BCUT2D eigenvalue weighted by Crippen LogP contribution is -2.42. The van der Waals surface area contributed by atoms with E-state index in [1.807, 2.05) is 4.90 Å². The van der Waals surface area contributed by atoms with E-state index < -0.39 is 0 Å². The Labute approximate surface area is 125 Å². The maximum Gasteiger partial charge on any atom is 0.263 e. The van der Waals surface area contributed by atoms with E-state index in [9.17, 15) is 4.79 Å². The highest BCUT2D eigenvalue weighted by Gasteiger charge is 2.27. The number of likely N-dealkylation sites (tertiary alicyclic amines) is 1. The zero-order valence-electron chi connectivity index (χ0n) is 12.2. The van der Waals surface area contributed by atoms with Crippen LogP contribution in [0.25, 0.3) is 0 Å². The number of nitrogens with zero attached hydrogens (tertiary/aromatic N) is 1. The topological polar surface area (TPSA) is 46.3 Å². The summed E-state index contributed by atoms with van der Waals surface area (Å²) in [5, 5.41) is 0. The lowest BCUT2D eigenvalue weighted by molar-refractivity contribution is 0.0686. The first-order valence-electron chi connectivity index (χ1n) is 7.81. The molecule has 3 nitrogen and oxygen atoms in total. The standard InChI is InChI=1S/C16H24N2OS/c1-11(17)12-6-8-18(9-7-12)16(19)15-10-13-4-2-3-5-14(13)20-15/h10-12H,2-9,17H2,1H3. The van der Waals surface area contributed by atoms with Gasteiger partial charge >= 0.3 is 0 Å². The van der Waals surface area contributed by atoms with Crippen molar-refractivity contribution in [2.45, 2.75) is 51.5 Å². The number of hydrogen-bond donors (Lipinski definition) is 1. The molecule has 1 aliphatic carbocycles. The summed E-state index contributed by atoms with van der Waals surface area (Å²) in [5.41, 5.74) is 7.39. The van der Waals surface area contributed by atoms with Gasteiger partial charge in [0, 0.05) is 24.0 Å². The number of nitrogens with two attached hydrogens (primary N) is 1. The molecule has 1 aliphatic heterocycles. The van der Waals surface area contributed by atoms with Gasteiger partial charge in [-0.3, -0.25) is 4.79 Å². The molecule has 2 N–H and O–H groups in total. The molecule has 2 heterocycles. The minimum atomic E-state index is 0.243. The highest BCUT2D eigenvalue weighted by Crippen LogP contribution is 2.31. The molecule has 1 amide bonds. The van der Waals surface area contributed by atoms with Crippen LogP contribution in [0, 0.1) is 5.92 Å². The lowest BCUT2D eigenvalue weighted by atomic mass is 9.91. The molecule has 4 heteroatoms. The third kappa shape index (κ3) is 2.77. The van der Waals surface area contributed by atoms with E-state index in [0.717, 1.165) is 37.2 Å². The summed E-state index contributed by atoms with van der Waals surface area (Å²) in [6.07, 6.45) is 6.98. The molecule has 0 spiro atoms. The lowest BCUT2D eigenvalue weighted by Gasteiger charge is -2.33. The van der Waals surface area contributed by atoms with Gasteiger partial charge in [-0.15, -0.1) is 11.3 Å². The van der Waals surface area contributed by atoms with Gasteiger partial charge in [-0.05, 0) is 63.0 Å². The van der Waals surface area contributed by atoms with Gasteiger partial charge in [0.25, 0.3) is 5.91 Å². The fourth-order valence-corrected chi connectivity index (χ4v) is 4.60. The van der Waals surface area contributed by atoms with E-state index in [4.69, 9.17) is 5.73 Å². The number of rotatable bonds is 2. The predicted octanol–water partition coefficient (Wildman–Crippen LogP) is 2.83. The molecule has 1 unspecified atom stereocenters. The number of aryl methyl sites for hydroxylation is 2. The average Bonchev–Trinajstić information content (AvgIpc) is 2.90. The van der Waals surface area contributed by atoms with Gasteiger partial charge in [0.05, 0.1) is 4.88 Å². The third-order valence-electron chi connectivity index (χ3n) is 4.78. The molecule has 1 aromatic heterocycles. The normalized spacial score (nSPS) is 21.6. The van der Waals surface area contributed by atoms with Crippen molar-refractivity contribution in [3.8, 4) is 0 Å². The van der Waals surface area contributed by atoms with E-state index in [1.54, 1.807) is 11.3 Å². The summed E-state index contributed by atoms with van der Waals surface area (Å²) < 4.78 is 0. The van der Waals surface area contributed by atoms with E-state index in [1.165, 1.54) is 29.7 Å². The number of carbonyl (C=O) groups excluding carboxylic acids is 1. The fraction of sp³-hybridized carbons (Fsp3) is 0.688. The number of fused-ring (bicyclic) bond motifs is 1. The Morgan fingerprint density at radius 2 is 2.05 bits per heavy atom. The maximum absolute atomic E-state index is 12.6. The number of thiophene rings is 1. The van der Waals surface area contributed by atoms with Gasteiger partial charge in [0.1, 0.15) is 0 Å². The monoisotopic (exact) mass is 292 g/mol. The Hall–Kier alpha value is -0.870.